The molecule has 158 valence electrons. The minimum Gasteiger partial charge on any atom is -0.497 e. The molecule has 29 heavy (non-hydrogen) atoms. The normalized spacial score (nSPS) is 11.8. The van der Waals surface area contributed by atoms with E-state index in [9.17, 15) is 10.1 Å². The molecule has 0 bridgehead atoms. The highest BCUT2D eigenvalue weighted by molar-refractivity contribution is 14.0. The van der Waals surface area contributed by atoms with Crippen molar-refractivity contribution in [3.05, 3.63) is 63.7 Å². The van der Waals surface area contributed by atoms with Gasteiger partial charge in [-0.25, -0.2) is 4.99 Å². The lowest BCUT2D eigenvalue weighted by atomic mass is 10.1. The number of hydrogen-bond donors (Lipinski definition) is 2. The molecule has 0 aliphatic carbocycles. The molecule has 0 heterocycles. The van der Waals surface area contributed by atoms with Crippen LogP contribution in [0, 0.1) is 10.1 Å². The molecular weight excluding hydrogens is 487 g/mol. The van der Waals surface area contributed by atoms with Gasteiger partial charge in [0.25, 0.3) is 5.69 Å². The Morgan fingerprint density at radius 3 is 2.41 bits per heavy atom. The molecule has 0 spiro atoms. The predicted octanol–water partition coefficient (Wildman–Crippen LogP) is 4.05. The number of nitrogens with one attached hydrogen (secondary N) is 2. The number of aliphatic imine (C=N–C) groups is 1. The van der Waals surface area contributed by atoms with Crippen LogP contribution in [-0.4, -0.2) is 31.6 Å². The topological polar surface area (TPSA) is 98.0 Å². The minimum atomic E-state index is -0.415. The van der Waals surface area contributed by atoms with E-state index in [1.807, 2.05) is 32.0 Å². The van der Waals surface area contributed by atoms with Crippen LogP contribution in [0.2, 0.25) is 0 Å². The molecule has 0 amide bonds. The van der Waals surface area contributed by atoms with Gasteiger partial charge in [-0.15, -0.1) is 24.0 Å². The first-order valence-electron chi connectivity index (χ1n) is 8.98. The summed E-state index contributed by atoms with van der Waals surface area (Å²) < 4.78 is 10.8. The third-order valence-corrected chi connectivity index (χ3v) is 4.17. The van der Waals surface area contributed by atoms with Crippen LogP contribution in [-0.2, 0) is 6.54 Å². The lowest BCUT2D eigenvalue weighted by Gasteiger charge is -2.20. The predicted molar refractivity (Wildman–Crippen MR) is 124 cm³/mol. The van der Waals surface area contributed by atoms with Crippen molar-refractivity contribution < 1.29 is 14.4 Å². The van der Waals surface area contributed by atoms with Gasteiger partial charge in [-0.3, -0.25) is 10.1 Å². The zero-order valence-electron chi connectivity index (χ0n) is 17.0. The van der Waals surface area contributed by atoms with E-state index in [1.54, 1.807) is 26.4 Å². The monoisotopic (exact) mass is 514 g/mol. The smallest absolute Gasteiger partial charge is 0.269 e. The highest BCUT2D eigenvalue weighted by atomic mass is 127. The summed E-state index contributed by atoms with van der Waals surface area (Å²) in [5.74, 6) is 2.14. The van der Waals surface area contributed by atoms with Crippen molar-refractivity contribution in [3.63, 3.8) is 0 Å². The average molecular weight is 514 g/mol. The van der Waals surface area contributed by atoms with Gasteiger partial charge in [0.2, 0.25) is 0 Å². The molecule has 0 aliphatic rings. The Labute approximate surface area is 187 Å². The molecule has 1 unspecified atom stereocenters. The Morgan fingerprint density at radius 2 is 1.86 bits per heavy atom. The SMILES string of the molecule is CCNC(=NCc1ccc([N+](=O)[O-])cc1)NC(C)c1cc(OC)ccc1OC.I. The minimum absolute atomic E-state index is 0. The first kappa shape index (κ1) is 24.5. The zero-order valence-corrected chi connectivity index (χ0v) is 19.3. The Hall–Kier alpha value is -2.56. The van der Waals surface area contributed by atoms with Crippen LogP contribution in [0.25, 0.3) is 0 Å². The molecule has 0 radical (unpaired) electrons. The second kappa shape index (κ2) is 12.1. The maximum atomic E-state index is 10.8. The fourth-order valence-corrected chi connectivity index (χ4v) is 2.67. The maximum Gasteiger partial charge on any atom is 0.269 e. The number of non-ortho nitro benzene ring substituents is 1. The van der Waals surface area contributed by atoms with Gasteiger partial charge < -0.3 is 20.1 Å². The largest absolute Gasteiger partial charge is 0.497 e. The van der Waals surface area contributed by atoms with Crippen LogP contribution < -0.4 is 20.1 Å². The van der Waals surface area contributed by atoms with E-state index in [1.165, 1.54) is 12.1 Å². The Kier molecular flexibility index (Phi) is 10.2. The Balaban J connectivity index is 0.00000420. The molecular formula is C20H27IN4O4. The zero-order chi connectivity index (χ0) is 20.5. The third kappa shape index (κ3) is 7.08. The van der Waals surface area contributed by atoms with Gasteiger partial charge in [0.1, 0.15) is 11.5 Å². The van der Waals surface area contributed by atoms with Crippen molar-refractivity contribution in [2.75, 3.05) is 20.8 Å². The number of hydrogen-bond acceptors (Lipinski definition) is 5. The number of halogens is 1. The summed E-state index contributed by atoms with van der Waals surface area (Å²) in [7, 11) is 3.26. The number of guanidine groups is 1. The van der Waals surface area contributed by atoms with Crippen molar-refractivity contribution in [3.8, 4) is 11.5 Å². The van der Waals surface area contributed by atoms with Gasteiger partial charge in [-0.05, 0) is 37.6 Å². The van der Waals surface area contributed by atoms with Crippen molar-refractivity contribution in [1.82, 2.24) is 10.6 Å². The van der Waals surface area contributed by atoms with Crippen molar-refractivity contribution >= 4 is 35.6 Å². The Bertz CT molecular complexity index is 828. The van der Waals surface area contributed by atoms with Crippen LogP contribution >= 0.6 is 24.0 Å². The molecule has 2 aromatic carbocycles. The van der Waals surface area contributed by atoms with Crippen LogP contribution in [0.1, 0.15) is 31.0 Å². The lowest BCUT2D eigenvalue weighted by molar-refractivity contribution is -0.384. The summed E-state index contributed by atoms with van der Waals surface area (Å²) in [5, 5.41) is 17.3. The molecule has 2 N–H and O–H groups in total. The van der Waals surface area contributed by atoms with Crippen LogP contribution in [0.4, 0.5) is 5.69 Å². The van der Waals surface area contributed by atoms with Crippen molar-refractivity contribution in [1.29, 1.82) is 0 Å². The quantitative estimate of drug-likeness (QED) is 0.182. The first-order valence-corrected chi connectivity index (χ1v) is 8.98. The van der Waals surface area contributed by atoms with E-state index < -0.39 is 4.92 Å². The number of nitro benzene ring substituents is 1. The molecule has 1 atom stereocenters. The van der Waals surface area contributed by atoms with E-state index >= 15 is 0 Å². The molecule has 0 fully saturated rings. The summed E-state index contributed by atoms with van der Waals surface area (Å²) in [6.07, 6.45) is 0. The number of methoxy groups -OCH3 is 2. The van der Waals surface area contributed by atoms with E-state index in [2.05, 4.69) is 15.6 Å². The first-order chi connectivity index (χ1) is 13.5. The standard InChI is InChI=1S/C20H26N4O4.HI/c1-5-21-20(22-13-15-6-8-16(9-7-15)24(25)26)23-14(2)18-12-17(27-3)10-11-19(18)28-4;/h6-12,14H,5,13H2,1-4H3,(H2,21,22,23);1H. The molecule has 0 saturated heterocycles. The van der Waals surface area contributed by atoms with E-state index in [4.69, 9.17) is 9.47 Å². The van der Waals surface area contributed by atoms with Gasteiger partial charge in [0, 0.05) is 24.2 Å². The molecule has 2 rings (SSSR count). The van der Waals surface area contributed by atoms with E-state index in [-0.39, 0.29) is 35.7 Å². The second-order valence-corrected chi connectivity index (χ2v) is 6.09. The van der Waals surface area contributed by atoms with E-state index in [0.29, 0.717) is 19.0 Å². The van der Waals surface area contributed by atoms with Crippen molar-refractivity contribution in [2.24, 2.45) is 4.99 Å². The van der Waals surface area contributed by atoms with Crippen LogP contribution in [0.5, 0.6) is 11.5 Å². The van der Waals surface area contributed by atoms with Crippen LogP contribution in [0.3, 0.4) is 0 Å². The molecule has 2 aromatic rings. The van der Waals surface area contributed by atoms with Gasteiger partial charge in [0.05, 0.1) is 31.7 Å². The van der Waals surface area contributed by atoms with Gasteiger partial charge in [-0.1, -0.05) is 12.1 Å². The lowest BCUT2D eigenvalue weighted by Crippen LogP contribution is -2.38. The summed E-state index contributed by atoms with van der Waals surface area (Å²) in [5.41, 5.74) is 1.90. The Morgan fingerprint density at radius 1 is 1.17 bits per heavy atom. The number of benzene rings is 2. The number of ether oxygens (including phenoxy) is 2. The molecule has 9 heteroatoms. The summed E-state index contributed by atoms with van der Waals surface area (Å²) in [6, 6.07) is 11.9. The summed E-state index contributed by atoms with van der Waals surface area (Å²) in [4.78, 5) is 14.9. The summed E-state index contributed by atoms with van der Waals surface area (Å²) >= 11 is 0. The molecule has 0 saturated carbocycles. The summed E-state index contributed by atoms with van der Waals surface area (Å²) in [6.45, 7) is 5.10. The highest BCUT2D eigenvalue weighted by Crippen LogP contribution is 2.29. The molecule has 0 aliphatic heterocycles. The maximum absolute atomic E-state index is 10.8. The molecule has 0 aromatic heterocycles. The number of nitro groups is 1. The number of rotatable bonds is 8. The second-order valence-electron chi connectivity index (χ2n) is 6.09. The van der Waals surface area contributed by atoms with Gasteiger partial charge >= 0.3 is 0 Å². The van der Waals surface area contributed by atoms with Crippen molar-refractivity contribution in [2.45, 2.75) is 26.4 Å². The fraction of sp³-hybridized carbons (Fsp3) is 0.350. The van der Waals surface area contributed by atoms with Gasteiger partial charge in [0.15, 0.2) is 5.96 Å². The molecule has 8 nitrogen and oxygen atoms in total. The highest BCUT2D eigenvalue weighted by Gasteiger charge is 2.14. The number of nitrogens with zero attached hydrogens (tertiary/aromatic N) is 2. The van der Waals surface area contributed by atoms with Gasteiger partial charge in [-0.2, -0.15) is 0 Å². The average Bonchev–Trinajstić information content (AvgIpc) is 2.71. The third-order valence-electron chi connectivity index (χ3n) is 4.17. The fourth-order valence-electron chi connectivity index (χ4n) is 2.67. The van der Waals surface area contributed by atoms with Crippen LogP contribution in [0.15, 0.2) is 47.5 Å². The van der Waals surface area contributed by atoms with E-state index in [0.717, 1.165) is 22.6 Å².